The summed E-state index contributed by atoms with van der Waals surface area (Å²) in [4.78, 5) is 15.9. The maximum atomic E-state index is 12.1. The third kappa shape index (κ3) is 2.98. The zero-order valence-electron chi connectivity index (χ0n) is 11.5. The maximum Gasteiger partial charge on any atom is 0.272 e. The molecule has 0 aliphatic heterocycles. The summed E-state index contributed by atoms with van der Waals surface area (Å²) in [6.45, 7) is 0. The van der Waals surface area contributed by atoms with Crippen LogP contribution < -0.4 is 10.9 Å². The van der Waals surface area contributed by atoms with Crippen LogP contribution in [0.25, 0.3) is 10.9 Å². The van der Waals surface area contributed by atoms with Crippen LogP contribution in [0.5, 0.6) is 0 Å². The molecule has 6 nitrogen and oxygen atoms in total. The number of nitrogens with one attached hydrogen (secondary N) is 2. The highest BCUT2D eigenvalue weighted by molar-refractivity contribution is 6.36. The molecule has 8 heteroatoms. The molecule has 1 amide bonds. The summed E-state index contributed by atoms with van der Waals surface area (Å²) in [5.41, 5.74) is 7.14. The normalized spacial score (nSPS) is 10.7. The Bertz CT molecular complexity index is 862. The maximum absolute atomic E-state index is 12.1. The van der Waals surface area contributed by atoms with Gasteiger partial charge >= 0.3 is 0 Å². The highest BCUT2D eigenvalue weighted by Gasteiger charge is 2.11. The number of rotatable bonds is 3. The van der Waals surface area contributed by atoms with E-state index in [1.165, 1.54) is 12.3 Å². The van der Waals surface area contributed by atoms with E-state index in [0.717, 1.165) is 10.9 Å². The molecule has 1 aromatic carbocycles. The number of aryl methyl sites for hydroxylation is 1. The van der Waals surface area contributed by atoms with Crippen molar-refractivity contribution < 1.29 is 4.79 Å². The lowest BCUT2D eigenvalue weighted by Gasteiger charge is -2.09. The molecule has 2 aromatic heterocycles. The van der Waals surface area contributed by atoms with E-state index in [4.69, 9.17) is 23.2 Å². The van der Waals surface area contributed by atoms with Crippen LogP contribution in [0.3, 0.4) is 0 Å². The van der Waals surface area contributed by atoms with Gasteiger partial charge in [0.15, 0.2) is 0 Å². The number of benzene rings is 1. The van der Waals surface area contributed by atoms with Gasteiger partial charge in [-0.25, -0.2) is 4.98 Å². The minimum atomic E-state index is -0.407. The average Bonchev–Trinajstić information content (AvgIpc) is 2.84. The van der Waals surface area contributed by atoms with Crippen molar-refractivity contribution in [1.82, 2.24) is 20.2 Å². The Kier molecular flexibility index (Phi) is 3.87. The second-order valence-corrected chi connectivity index (χ2v) is 5.44. The van der Waals surface area contributed by atoms with Crippen molar-refractivity contribution in [1.29, 1.82) is 0 Å². The number of hydrogen-bond donors (Lipinski definition) is 2. The fourth-order valence-corrected chi connectivity index (χ4v) is 2.44. The average molecular weight is 336 g/mol. The van der Waals surface area contributed by atoms with Crippen molar-refractivity contribution in [2.75, 3.05) is 5.43 Å². The van der Waals surface area contributed by atoms with Crippen molar-refractivity contribution in [2.24, 2.45) is 7.05 Å². The van der Waals surface area contributed by atoms with Crippen LogP contribution in [0.1, 0.15) is 10.4 Å². The molecular formula is C14H11Cl2N5O. The van der Waals surface area contributed by atoms with E-state index in [1.807, 2.05) is 31.4 Å². The fraction of sp³-hybridized carbons (Fsp3) is 0.0714. The van der Waals surface area contributed by atoms with Crippen LogP contribution in [-0.2, 0) is 7.05 Å². The highest BCUT2D eigenvalue weighted by Crippen LogP contribution is 2.19. The number of pyridine rings is 1. The molecule has 3 aromatic rings. The predicted octanol–water partition coefficient (Wildman–Crippen LogP) is 3.03. The Morgan fingerprint density at radius 3 is 2.86 bits per heavy atom. The summed E-state index contributed by atoms with van der Waals surface area (Å²) < 4.78 is 1.73. The van der Waals surface area contributed by atoms with Gasteiger partial charge in [0.25, 0.3) is 5.91 Å². The quantitative estimate of drug-likeness (QED) is 0.570. The van der Waals surface area contributed by atoms with Crippen LogP contribution in [0.15, 0.2) is 36.7 Å². The molecule has 3 rings (SSSR count). The van der Waals surface area contributed by atoms with Crippen LogP contribution in [-0.4, -0.2) is 20.7 Å². The number of carbonyl (C=O) groups is 1. The van der Waals surface area contributed by atoms with Gasteiger partial charge in [0, 0.05) is 24.8 Å². The molecular weight excluding hydrogens is 325 g/mol. The van der Waals surface area contributed by atoms with Gasteiger partial charge in [-0.15, -0.1) is 0 Å². The van der Waals surface area contributed by atoms with Crippen molar-refractivity contribution in [2.45, 2.75) is 0 Å². The van der Waals surface area contributed by atoms with Gasteiger partial charge < -0.3 is 0 Å². The molecule has 22 heavy (non-hydrogen) atoms. The third-order valence-electron chi connectivity index (χ3n) is 3.01. The van der Waals surface area contributed by atoms with E-state index < -0.39 is 5.91 Å². The second kappa shape index (κ2) is 5.82. The molecule has 0 spiro atoms. The Labute approximate surface area is 136 Å². The summed E-state index contributed by atoms with van der Waals surface area (Å²) in [5.74, 6) is -0.407. The fourth-order valence-electron chi connectivity index (χ4n) is 1.99. The van der Waals surface area contributed by atoms with Crippen LogP contribution >= 0.6 is 23.2 Å². The van der Waals surface area contributed by atoms with E-state index in [-0.39, 0.29) is 15.7 Å². The molecule has 2 heterocycles. The summed E-state index contributed by atoms with van der Waals surface area (Å²) in [7, 11) is 1.85. The van der Waals surface area contributed by atoms with E-state index in [2.05, 4.69) is 20.9 Å². The van der Waals surface area contributed by atoms with Gasteiger partial charge in [-0.05, 0) is 24.3 Å². The predicted molar refractivity (Wildman–Crippen MR) is 86.1 cm³/mol. The molecule has 0 saturated heterocycles. The number of fused-ring (bicyclic) bond motifs is 1. The number of amides is 1. The number of hydrogen-bond acceptors (Lipinski definition) is 4. The first-order valence-electron chi connectivity index (χ1n) is 6.34. The second-order valence-electron chi connectivity index (χ2n) is 4.64. The molecule has 0 aliphatic rings. The largest absolute Gasteiger partial charge is 0.298 e. The molecule has 0 saturated carbocycles. The Hall–Kier alpha value is -2.31. The molecule has 2 N–H and O–H groups in total. The highest BCUT2D eigenvalue weighted by atomic mass is 35.5. The van der Waals surface area contributed by atoms with E-state index in [1.54, 1.807) is 4.68 Å². The number of hydrazine groups is 1. The minimum absolute atomic E-state index is 0.232. The number of anilines is 1. The van der Waals surface area contributed by atoms with Crippen LogP contribution in [0.4, 0.5) is 5.69 Å². The zero-order valence-corrected chi connectivity index (χ0v) is 13.0. The number of nitrogens with zero attached hydrogens (tertiary/aromatic N) is 3. The topological polar surface area (TPSA) is 71.8 Å². The molecule has 0 unspecified atom stereocenters. The monoisotopic (exact) mass is 335 g/mol. The molecule has 0 aliphatic carbocycles. The van der Waals surface area contributed by atoms with Crippen molar-refractivity contribution >= 4 is 45.7 Å². The first kappa shape index (κ1) is 14.6. The molecule has 112 valence electrons. The number of carbonyl (C=O) groups excluding carboxylic acids is 1. The smallest absolute Gasteiger partial charge is 0.272 e. The molecule has 0 bridgehead atoms. The SMILES string of the molecule is Cn1cc2ccc(NNC(=O)c3cnc(Cl)cc3Cl)cc2n1. The van der Waals surface area contributed by atoms with Gasteiger partial charge in [0.1, 0.15) is 5.15 Å². The van der Waals surface area contributed by atoms with Crippen molar-refractivity contribution in [3.8, 4) is 0 Å². The van der Waals surface area contributed by atoms with E-state index >= 15 is 0 Å². The number of aromatic nitrogens is 3. The van der Waals surface area contributed by atoms with E-state index in [9.17, 15) is 4.79 Å². The lowest BCUT2D eigenvalue weighted by atomic mass is 10.2. The van der Waals surface area contributed by atoms with Gasteiger partial charge in [-0.1, -0.05) is 23.2 Å². The summed E-state index contributed by atoms with van der Waals surface area (Å²) in [5, 5.41) is 5.79. The van der Waals surface area contributed by atoms with E-state index in [0.29, 0.717) is 5.69 Å². The summed E-state index contributed by atoms with van der Waals surface area (Å²) >= 11 is 11.7. The Balaban J connectivity index is 1.74. The Morgan fingerprint density at radius 1 is 1.27 bits per heavy atom. The lowest BCUT2D eigenvalue weighted by molar-refractivity contribution is 0.0962. The standard InChI is InChI=1S/C14H11Cl2N5O/c1-21-7-8-2-3-9(4-12(8)20-21)18-19-14(22)10-6-17-13(16)5-11(10)15/h2-7,18H,1H3,(H,19,22). The summed E-state index contributed by atoms with van der Waals surface area (Å²) in [6, 6.07) is 7.00. The molecule has 0 fully saturated rings. The van der Waals surface area contributed by atoms with Crippen molar-refractivity contribution in [3.05, 3.63) is 52.4 Å². The Morgan fingerprint density at radius 2 is 2.09 bits per heavy atom. The number of halogens is 2. The minimum Gasteiger partial charge on any atom is -0.298 e. The molecule has 0 atom stereocenters. The van der Waals surface area contributed by atoms with Gasteiger partial charge in [-0.2, -0.15) is 5.10 Å². The first-order valence-corrected chi connectivity index (χ1v) is 7.09. The van der Waals surface area contributed by atoms with Gasteiger partial charge in [-0.3, -0.25) is 20.3 Å². The first-order chi connectivity index (χ1) is 10.5. The van der Waals surface area contributed by atoms with Crippen LogP contribution in [0, 0.1) is 0 Å². The third-order valence-corrected chi connectivity index (χ3v) is 3.53. The van der Waals surface area contributed by atoms with Gasteiger partial charge in [0.05, 0.1) is 21.8 Å². The molecule has 0 radical (unpaired) electrons. The van der Waals surface area contributed by atoms with Crippen molar-refractivity contribution in [3.63, 3.8) is 0 Å². The summed E-state index contributed by atoms with van der Waals surface area (Å²) in [6.07, 6.45) is 3.24. The zero-order chi connectivity index (χ0) is 15.7. The lowest BCUT2D eigenvalue weighted by Crippen LogP contribution is -2.29. The van der Waals surface area contributed by atoms with Crippen LogP contribution in [0.2, 0.25) is 10.2 Å². The van der Waals surface area contributed by atoms with Gasteiger partial charge in [0.2, 0.25) is 0 Å².